The highest BCUT2D eigenvalue weighted by Gasteiger charge is 2.33. The lowest BCUT2D eigenvalue weighted by atomic mass is 10.0. The first-order valence-corrected chi connectivity index (χ1v) is 12.6. The molecular weight excluding hydrogens is 486 g/mol. The van der Waals surface area contributed by atoms with Crippen LogP contribution in [0.15, 0.2) is 72.1 Å². The average molecular weight is 512 g/mol. The minimum absolute atomic E-state index is 0.0415. The second-order valence-corrected chi connectivity index (χ2v) is 9.48. The third kappa shape index (κ3) is 6.48. The zero-order chi connectivity index (χ0) is 24.6. The van der Waals surface area contributed by atoms with E-state index in [4.69, 9.17) is 16.3 Å². The molecule has 1 aliphatic rings. The van der Waals surface area contributed by atoms with E-state index in [1.54, 1.807) is 53.9 Å². The molecule has 1 fully saturated rings. The van der Waals surface area contributed by atoms with Gasteiger partial charge in [-0.15, -0.1) is 11.3 Å². The van der Waals surface area contributed by atoms with Crippen LogP contribution in [0.25, 0.3) is 0 Å². The number of hydrogen-bond donors (Lipinski definition) is 2. The van der Waals surface area contributed by atoms with Gasteiger partial charge in [-0.1, -0.05) is 48.0 Å². The molecule has 3 amide bonds. The number of anilines is 1. The second kappa shape index (κ2) is 12.0. The van der Waals surface area contributed by atoms with Gasteiger partial charge in [0.05, 0.1) is 17.5 Å². The minimum atomic E-state index is -0.954. The zero-order valence-corrected chi connectivity index (χ0v) is 20.6. The van der Waals surface area contributed by atoms with Crippen LogP contribution in [0.4, 0.5) is 5.69 Å². The van der Waals surface area contributed by atoms with Crippen LogP contribution in [0.3, 0.4) is 0 Å². The lowest BCUT2D eigenvalue weighted by molar-refractivity contribution is -0.126. The quantitative estimate of drug-likeness (QED) is 0.450. The topological polar surface area (TPSA) is 87.7 Å². The number of hydrogen-bond acceptors (Lipinski definition) is 5. The fraction of sp³-hybridized carbons (Fsp3) is 0.269. The summed E-state index contributed by atoms with van der Waals surface area (Å²) in [7, 11) is 0. The first kappa shape index (κ1) is 24.9. The molecule has 3 aromatic rings. The molecule has 35 heavy (non-hydrogen) atoms. The van der Waals surface area contributed by atoms with Crippen LogP contribution in [0.2, 0.25) is 5.02 Å². The normalized spacial score (nSPS) is 15.9. The fourth-order valence-corrected chi connectivity index (χ4v) is 4.71. The Balaban J connectivity index is 1.62. The molecule has 2 heterocycles. The molecule has 4 rings (SSSR count). The Morgan fingerprint density at radius 2 is 1.80 bits per heavy atom. The first-order chi connectivity index (χ1) is 17.0. The number of rotatable bonds is 9. The largest absolute Gasteiger partial charge is 0.376 e. The van der Waals surface area contributed by atoms with Crippen LogP contribution in [0, 0.1) is 0 Å². The zero-order valence-electron chi connectivity index (χ0n) is 19.0. The fourth-order valence-electron chi connectivity index (χ4n) is 3.94. The molecule has 182 valence electrons. The Kier molecular flexibility index (Phi) is 8.52. The number of nitrogens with one attached hydrogen (secondary N) is 2. The Labute approximate surface area is 213 Å². The summed E-state index contributed by atoms with van der Waals surface area (Å²) in [4.78, 5) is 41.5. The molecule has 1 aliphatic heterocycles. The van der Waals surface area contributed by atoms with Crippen molar-refractivity contribution >= 4 is 46.3 Å². The van der Waals surface area contributed by atoms with Crippen LogP contribution in [-0.4, -0.2) is 43.5 Å². The monoisotopic (exact) mass is 511 g/mol. The Morgan fingerprint density at radius 1 is 1.03 bits per heavy atom. The Bertz CT molecular complexity index is 1130. The second-order valence-electron chi connectivity index (χ2n) is 8.09. The molecule has 0 radical (unpaired) electrons. The molecule has 1 aromatic heterocycles. The van der Waals surface area contributed by atoms with Gasteiger partial charge in [0.2, 0.25) is 11.8 Å². The third-order valence-corrected chi connectivity index (χ3v) is 6.79. The first-order valence-electron chi connectivity index (χ1n) is 11.4. The predicted octanol–water partition coefficient (Wildman–Crippen LogP) is 4.20. The van der Waals surface area contributed by atoms with Gasteiger partial charge >= 0.3 is 0 Å². The summed E-state index contributed by atoms with van der Waals surface area (Å²) < 4.78 is 5.64. The number of thiophene rings is 1. The minimum Gasteiger partial charge on any atom is -0.376 e. The maximum absolute atomic E-state index is 13.6. The van der Waals surface area contributed by atoms with E-state index in [2.05, 4.69) is 10.6 Å². The Morgan fingerprint density at radius 3 is 2.46 bits per heavy atom. The number of carbonyl (C=O) groups excluding carboxylic acids is 3. The van der Waals surface area contributed by atoms with Gasteiger partial charge in [0.15, 0.2) is 0 Å². The average Bonchev–Trinajstić information content (AvgIpc) is 3.60. The van der Waals surface area contributed by atoms with Crippen molar-refractivity contribution in [3.05, 3.63) is 87.6 Å². The predicted molar refractivity (Wildman–Crippen MR) is 137 cm³/mol. The molecule has 2 N–H and O–H groups in total. The molecular formula is C26H26ClN3O4S. The van der Waals surface area contributed by atoms with Gasteiger partial charge in [-0.2, -0.15) is 0 Å². The molecule has 0 saturated carbocycles. The van der Waals surface area contributed by atoms with Crippen molar-refractivity contribution in [3.63, 3.8) is 0 Å². The number of ether oxygens (including phenoxy) is 1. The van der Waals surface area contributed by atoms with Crippen molar-refractivity contribution in [2.45, 2.75) is 25.0 Å². The highest BCUT2D eigenvalue weighted by atomic mass is 35.5. The van der Waals surface area contributed by atoms with Gasteiger partial charge in [-0.25, -0.2) is 0 Å². The summed E-state index contributed by atoms with van der Waals surface area (Å²) in [5, 5.41) is 7.93. The highest BCUT2D eigenvalue weighted by molar-refractivity contribution is 7.12. The van der Waals surface area contributed by atoms with Gasteiger partial charge in [-0.05, 0) is 54.1 Å². The van der Waals surface area contributed by atoms with Crippen molar-refractivity contribution in [2.75, 3.05) is 24.6 Å². The summed E-state index contributed by atoms with van der Waals surface area (Å²) in [5.41, 5.74) is 1.14. The van der Waals surface area contributed by atoms with Gasteiger partial charge in [0.25, 0.3) is 5.91 Å². The van der Waals surface area contributed by atoms with Gasteiger partial charge in [0.1, 0.15) is 6.04 Å². The molecule has 9 heteroatoms. The van der Waals surface area contributed by atoms with E-state index in [0.717, 1.165) is 12.8 Å². The summed E-state index contributed by atoms with van der Waals surface area (Å²) in [6, 6.07) is 18.3. The van der Waals surface area contributed by atoms with Crippen LogP contribution in [-0.2, 0) is 14.3 Å². The van der Waals surface area contributed by atoms with Crippen molar-refractivity contribution in [2.24, 2.45) is 0 Å². The standard InChI is InChI=1S/C26H26ClN3O4S/c27-19-10-12-20(13-11-19)30(23(31)17-29-25(32)22-9-5-15-35-22)24(18-6-2-1-3-7-18)26(33)28-16-21-8-4-14-34-21/h1-3,5-7,9-13,15,21,24H,4,8,14,16-17H2,(H,28,33)(H,29,32)/t21-,24-/m0/s1. The van der Waals surface area contributed by atoms with Gasteiger partial charge < -0.3 is 15.4 Å². The van der Waals surface area contributed by atoms with Crippen molar-refractivity contribution in [1.29, 1.82) is 0 Å². The van der Waals surface area contributed by atoms with E-state index < -0.39 is 11.9 Å². The highest BCUT2D eigenvalue weighted by Crippen LogP contribution is 2.29. The van der Waals surface area contributed by atoms with Crippen LogP contribution in [0.1, 0.15) is 34.1 Å². The number of halogens is 1. The van der Waals surface area contributed by atoms with Crippen molar-refractivity contribution in [3.8, 4) is 0 Å². The summed E-state index contributed by atoms with van der Waals surface area (Å²) in [6.07, 6.45) is 1.80. The number of nitrogens with zero attached hydrogens (tertiary/aromatic N) is 1. The SMILES string of the molecule is O=C(NCC(=O)N(c1ccc(Cl)cc1)[C@H](C(=O)NC[C@@H]1CCCO1)c1ccccc1)c1cccs1. The number of carbonyl (C=O) groups is 3. The Hall–Kier alpha value is -3.20. The van der Waals surface area contributed by atoms with Crippen LogP contribution >= 0.6 is 22.9 Å². The van der Waals surface area contributed by atoms with E-state index in [-0.39, 0.29) is 24.5 Å². The molecule has 0 spiro atoms. The van der Waals surface area contributed by atoms with E-state index in [1.165, 1.54) is 16.2 Å². The van der Waals surface area contributed by atoms with E-state index >= 15 is 0 Å². The molecule has 2 aromatic carbocycles. The molecule has 0 aliphatic carbocycles. The molecule has 0 unspecified atom stereocenters. The summed E-state index contributed by atoms with van der Waals surface area (Å²) in [6.45, 7) is 0.767. The summed E-state index contributed by atoms with van der Waals surface area (Å²) in [5.74, 6) is -1.11. The van der Waals surface area contributed by atoms with Crippen molar-refractivity contribution < 1.29 is 19.1 Å². The van der Waals surface area contributed by atoms with E-state index in [1.807, 2.05) is 18.2 Å². The maximum Gasteiger partial charge on any atom is 0.261 e. The number of amides is 3. The smallest absolute Gasteiger partial charge is 0.261 e. The van der Waals surface area contributed by atoms with Gasteiger partial charge in [0, 0.05) is 23.9 Å². The maximum atomic E-state index is 13.6. The third-order valence-electron chi connectivity index (χ3n) is 5.67. The molecule has 0 bridgehead atoms. The summed E-state index contributed by atoms with van der Waals surface area (Å²) >= 11 is 7.37. The molecule has 7 nitrogen and oxygen atoms in total. The van der Waals surface area contributed by atoms with E-state index in [9.17, 15) is 14.4 Å². The lowest BCUT2D eigenvalue weighted by Crippen LogP contribution is -2.48. The van der Waals surface area contributed by atoms with Crippen LogP contribution in [0.5, 0.6) is 0 Å². The van der Waals surface area contributed by atoms with E-state index in [0.29, 0.717) is 34.3 Å². The van der Waals surface area contributed by atoms with Crippen LogP contribution < -0.4 is 15.5 Å². The molecule has 1 saturated heterocycles. The molecule has 2 atom stereocenters. The van der Waals surface area contributed by atoms with Gasteiger partial charge in [-0.3, -0.25) is 19.3 Å². The number of benzene rings is 2. The van der Waals surface area contributed by atoms with Crippen molar-refractivity contribution in [1.82, 2.24) is 10.6 Å². The lowest BCUT2D eigenvalue weighted by Gasteiger charge is -2.32.